The molecule has 4 heteroatoms. The molecular weight excluding hydrogens is 206 g/mol. The van der Waals surface area contributed by atoms with Crippen molar-refractivity contribution >= 4 is 11.8 Å². The molecule has 86 valence electrons. The predicted octanol–water partition coefficient (Wildman–Crippen LogP) is 1.70. The smallest absolute Gasteiger partial charge is 0.0596 e. The SMILES string of the molecule is CCn1nc(C)cc1CC(CSC)NC. The highest BCUT2D eigenvalue weighted by Gasteiger charge is 2.10. The van der Waals surface area contributed by atoms with Crippen LogP contribution in [-0.2, 0) is 13.0 Å². The number of nitrogens with one attached hydrogen (secondary N) is 1. The van der Waals surface area contributed by atoms with E-state index in [4.69, 9.17) is 0 Å². The van der Waals surface area contributed by atoms with Gasteiger partial charge in [0, 0.05) is 30.5 Å². The van der Waals surface area contributed by atoms with Gasteiger partial charge in [0.15, 0.2) is 0 Å². The van der Waals surface area contributed by atoms with Gasteiger partial charge in [-0.05, 0) is 33.2 Å². The second-order valence-corrected chi connectivity index (χ2v) is 4.65. The van der Waals surface area contributed by atoms with Crippen LogP contribution in [0.3, 0.4) is 0 Å². The number of aryl methyl sites for hydroxylation is 2. The average molecular weight is 227 g/mol. The molecule has 1 unspecified atom stereocenters. The lowest BCUT2D eigenvalue weighted by Crippen LogP contribution is -2.30. The van der Waals surface area contributed by atoms with Crippen molar-refractivity contribution in [3.05, 3.63) is 17.5 Å². The van der Waals surface area contributed by atoms with Crippen LogP contribution in [-0.4, -0.2) is 34.9 Å². The summed E-state index contributed by atoms with van der Waals surface area (Å²) < 4.78 is 2.10. The van der Waals surface area contributed by atoms with Crippen molar-refractivity contribution in [1.29, 1.82) is 0 Å². The fourth-order valence-corrected chi connectivity index (χ4v) is 2.42. The molecule has 1 aromatic heterocycles. The lowest BCUT2D eigenvalue weighted by Gasteiger charge is -2.15. The summed E-state index contributed by atoms with van der Waals surface area (Å²) in [5, 5.41) is 7.81. The van der Waals surface area contributed by atoms with Gasteiger partial charge in [-0.3, -0.25) is 4.68 Å². The predicted molar refractivity (Wildman–Crippen MR) is 67.6 cm³/mol. The Kier molecular flexibility index (Phi) is 5.19. The standard InChI is InChI=1S/C11H21N3S/c1-5-14-11(6-9(2)13-14)7-10(12-3)8-15-4/h6,10,12H,5,7-8H2,1-4H3. The van der Waals surface area contributed by atoms with Crippen molar-refractivity contribution in [2.75, 3.05) is 19.1 Å². The third kappa shape index (κ3) is 3.54. The molecule has 0 saturated heterocycles. The summed E-state index contributed by atoms with van der Waals surface area (Å²) >= 11 is 1.88. The van der Waals surface area contributed by atoms with E-state index in [2.05, 4.69) is 41.3 Å². The molecule has 0 aromatic carbocycles. The first-order valence-electron chi connectivity index (χ1n) is 5.40. The van der Waals surface area contributed by atoms with Gasteiger partial charge in [-0.2, -0.15) is 16.9 Å². The number of rotatable bonds is 6. The minimum absolute atomic E-state index is 0.543. The Hall–Kier alpha value is -0.480. The minimum atomic E-state index is 0.543. The van der Waals surface area contributed by atoms with E-state index in [0.717, 1.165) is 24.4 Å². The number of nitrogens with zero attached hydrogens (tertiary/aromatic N) is 2. The highest BCUT2D eigenvalue weighted by Crippen LogP contribution is 2.09. The molecule has 0 amide bonds. The van der Waals surface area contributed by atoms with Crippen LogP contribution in [0.4, 0.5) is 0 Å². The second-order valence-electron chi connectivity index (χ2n) is 3.74. The van der Waals surface area contributed by atoms with Crippen LogP contribution in [0.1, 0.15) is 18.3 Å². The van der Waals surface area contributed by atoms with Crippen LogP contribution >= 0.6 is 11.8 Å². The Morgan fingerprint density at radius 2 is 2.33 bits per heavy atom. The molecule has 0 aliphatic rings. The summed E-state index contributed by atoms with van der Waals surface area (Å²) in [6.07, 6.45) is 3.21. The van der Waals surface area contributed by atoms with Gasteiger partial charge in [0.05, 0.1) is 5.69 Å². The fourth-order valence-electron chi connectivity index (χ4n) is 1.74. The lowest BCUT2D eigenvalue weighted by atomic mass is 10.2. The average Bonchev–Trinajstić information content (AvgIpc) is 2.58. The van der Waals surface area contributed by atoms with E-state index in [0.29, 0.717) is 6.04 Å². The molecule has 0 aliphatic carbocycles. The molecule has 0 radical (unpaired) electrons. The molecule has 0 bridgehead atoms. The van der Waals surface area contributed by atoms with Gasteiger partial charge in [0.1, 0.15) is 0 Å². The summed E-state index contributed by atoms with van der Waals surface area (Å²) in [6, 6.07) is 2.73. The Labute approximate surface area is 96.6 Å². The number of likely N-dealkylation sites (N-methyl/N-ethyl adjacent to an activating group) is 1. The molecular formula is C11H21N3S. The molecule has 0 aliphatic heterocycles. The van der Waals surface area contributed by atoms with E-state index in [1.807, 2.05) is 18.8 Å². The molecule has 1 aromatic rings. The Morgan fingerprint density at radius 1 is 1.60 bits per heavy atom. The molecule has 1 rings (SSSR count). The summed E-state index contributed by atoms with van der Waals surface area (Å²) in [7, 11) is 2.03. The van der Waals surface area contributed by atoms with E-state index in [-0.39, 0.29) is 0 Å². The van der Waals surface area contributed by atoms with Crippen molar-refractivity contribution in [2.45, 2.75) is 32.9 Å². The molecule has 0 fully saturated rings. The van der Waals surface area contributed by atoms with Crippen molar-refractivity contribution in [2.24, 2.45) is 0 Å². The molecule has 3 nitrogen and oxygen atoms in total. The first kappa shape index (κ1) is 12.6. The molecule has 1 heterocycles. The van der Waals surface area contributed by atoms with Gasteiger partial charge in [-0.1, -0.05) is 0 Å². The van der Waals surface area contributed by atoms with Crippen LogP contribution < -0.4 is 5.32 Å². The van der Waals surface area contributed by atoms with E-state index in [9.17, 15) is 0 Å². The molecule has 0 saturated carbocycles. The molecule has 1 N–H and O–H groups in total. The first-order chi connectivity index (χ1) is 7.21. The van der Waals surface area contributed by atoms with Gasteiger partial charge in [-0.25, -0.2) is 0 Å². The van der Waals surface area contributed by atoms with Gasteiger partial charge in [0.25, 0.3) is 0 Å². The van der Waals surface area contributed by atoms with Crippen LogP contribution in [0.5, 0.6) is 0 Å². The number of thioether (sulfide) groups is 1. The maximum absolute atomic E-state index is 4.46. The topological polar surface area (TPSA) is 29.9 Å². The summed E-state index contributed by atoms with van der Waals surface area (Å²) in [4.78, 5) is 0. The highest BCUT2D eigenvalue weighted by molar-refractivity contribution is 7.98. The van der Waals surface area contributed by atoms with Gasteiger partial charge < -0.3 is 5.32 Å². The first-order valence-corrected chi connectivity index (χ1v) is 6.80. The molecule has 1 atom stereocenters. The third-order valence-electron chi connectivity index (χ3n) is 2.52. The van der Waals surface area contributed by atoms with E-state index in [1.54, 1.807) is 0 Å². The maximum atomic E-state index is 4.46. The fraction of sp³-hybridized carbons (Fsp3) is 0.727. The molecule has 0 spiro atoms. The quantitative estimate of drug-likeness (QED) is 0.802. The van der Waals surface area contributed by atoms with Gasteiger partial charge >= 0.3 is 0 Å². The highest BCUT2D eigenvalue weighted by atomic mass is 32.2. The van der Waals surface area contributed by atoms with E-state index in [1.165, 1.54) is 5.69 Å². The largest absolute Gasteiger partial charge is 0.316 e. The Morgan fingerprint density at radius 3 is 2.87 bits per heavy atom. The number of hydrogen-bond acceptors (Lipinski definition) is 3. The molecule has 15 heavy (non-hydrogen) atoms. The van der Waals surface area contributed by atoms with E-state index < -0.39 is 0 Å². The van der Waals surface area contributed by atoms with Crippen LogP contribution in [0, 0.1) is 6.92 Å². The van der Waals surface area contributed by atoms with Crippen LogP contribution in [0.15, 0.2) is 6.07 Å². The number of hydrogen-bond donors (Lipinski definition) is 1. The normalized spacial score (nSPS) is 13.1. The summed E-state index contributed by atoms with van der Waals surface area (Å²) in [6.45, 7) is 5.15. The van der Waals surface area contributed by atoms with Crippen LogP contribution in [0.2, 0.25) is 0 Å². The maximum Gasteiger partial charge on any atom is 0.0596 e. The van der Waals surface area contributed by atoms with Crippen molar-refractivity contribution in [3.8, 4) is 0 Å². The Balaban J connectivity index is 2.68. The van der Waals surface area contributed by atoms with Crippen molar-refractivity contribution < 1.29 is 0 Å². The van der Waals surface area contributed by atoms with Crippen molar-refractivity contribution in [1.82, 2.24) is 15.1 Å². The zero-order valence-corrected chi connectivity index (χ0v) is 10.9. The van der Waals surface area contributed by atoms with Crippen LogP contribution in [0.25, 0.3) is 0 Å². The number of aromatic nitrogens is 2. The van der Waals surface area contributed by atoms with Crippen molar-refractivity contribution in [3.63, 3.8) is 0 Å². The zero-order valence-electron chi connectivity index (χ0n) is 10.1. The second kappa shape index (κ2) is 6.18. The van der Waals surface area contributed by atoms with Gasteiger partial charge in [-0.15, -0.1) is 0 Å². The monoisotopic (exact) mass is 227 g/mol. The van der Waals surface area contributed by atoms with E-state index >= 15 is 0 Å². The summed E-state index contributed by atoms with van der Waals surface area (Å²) in [5.74, 6) is 1.14. The lowest BCUT2D eigenvalue weighted by molar-refractivity contribution is 0.556. The summed E-state index contributed by atoms with van der Waals surface area (Å²) in [5.41, 5.74) is 2.45. The van der Waals surface area contributed by atoms with Gasteiger partial charge in [0.2, 0.25) is 0 Å². The minimum Gasteiger partial charge on any atom is -0.316 e. The Bertz CT molecular complexity index is 296. The third-order valence-corrected chi connectivity index (χ3v) is 3.25. The zero-order chi connectivity index (χ0) is 11.3.